The fourth-order valence-electron chi connectivity index (χ4n) is 3.02. The number of benzene rings is 2. The maximum atomic E-state index is 12.7. The van der Waals surface area contributed by atoms with Crippen molar-refractivity contribution in [1.29, 1.82) is 0 Å². The summed E-state index contributed by atoms with van der Waals surface area (Å²) in [6.07, 6.45) is 1.84. The Labute approximate surface area is 152 Å². The van der Waals surface area contributed by atoms with Crippen LogP contribution >= 0.6 is 0 Å². The van der Waals surface area contributed by atoms with Crippen molar-refractivity contribution in [2.75, 3.05) is 21.3 Å². The van der Waals surface area contributed by atoms with Crippen LogP contribution in [0.5, 0.6) is 17.2 Å². The Hall–Kier alpha value is -3.15. The molecule has 1 N–H and O–H groups in total. The van der Waals surface area contributed by atoms with Gasteiger partial charge in [-0.15, -0.1) is 0 Å². The maximum absolute atomic E-state index is 12.7. The van der Waals surface area contributed by atoms with E-state index in [-0.39, 0.29) is 5.91 Å². The molecule has 0 aliphatic rings. The lowest BCUT2D eigenvalue weighted by Gasteiger charge is -2.14. The summed E-state index contributed by atoms with van der Waals surface area (Å²) in [6.45, 7) is 0.311. The first-order valence-corrected chi connectivity index (χ1v) is 8.20. The number of carbonyl (C=O) groups excluding carboxylic acids is 1. The first-order chi connectivity index (χ1) is 12.6. The summed E-state index contributed by atoms with van der Waals surface area (Å²) in [5.41, 5.74) is 2.46. The lowest BCUT2D eigenvalue weighted by atomic mass is 10.1. The minimum absolute atomic E-state index is 0.140. The molecular weight excluding hydrogens is 332 g/mol. The molecule has 0 aliphatic heterocycles. The van der Waals surface area contributed by atoms with Gasteiger partial charge in [-0.3, -0.25) is 4.79 Å². The number of rotatable bonds is 6. The lowest BCUT2D eigenvalue weighted by molar-refractivity contribution is 0.0952. The third kappa shape index (κ3) is 3.18. The van der Waals surface area contributed by atoms with Gasteiger partial charge in [0.25, 0.3) is 5.91 Å². The van der Waals surface area contributed by atoms with Gasteiger partial charge in [0, 0.05) is 42.3 Å². The number of nitrogens with zero attached hydrogens (tertiary/aromatic N) is 1. The number of fused-ring (bicyclic) bond motifs is 1. The molecule has 1 amide bonds. The van der Waals surface area contributed by atoms with Crippen molar-refractivity contribution in [3.63, 3.8) is 0 Å². The van der Waals surface area contributed by atoms with Crippen LogP contribution in [-0.4, -0.2) is 31.8 Å². The second kappa shape index (κ2) is 7.39. The summed E-state index contributed by atoms with van der Waals surface area (Å²) in [6, 6.07) is 11.4. The number of hydrogen-bond acceptors (Lipinski definition) is 4. The van der Waals surface area contributed by atoms with Gasteiger partial charge in [-0.25, -0.2) is 0 Å². The lowest BCUT2D eigenvalue weighted by Crippen LogP contribution is -2.23. The Morgan fingerprint density at radius 3 is 2.35 bits per heavy atom. The highest BCUT2D eigenvalue weighted by molar-refractivity contribution is 6.06. The quantitative estimate of drug-likeness (QED) is 0.739. The number of nitrogens with one attached hydrogen (secondary N) is 1. The summed E-state index contributed by atoms with van der Waals surface area (Å²) in [5, 5.41) is 3.88. The molecule has 0 fully saturated rings. The number of aromatic nitrogens is 1. The molecule has 3 rings (SSSR count). The molecule has 3 aromatic rings. The molecule has 26 heavy (non-hydrogen) atoms. The van der Waals surface area contributed by atoms with Crippen LogP contribution < -0.4 is 19.5 Å². The standard InChI is InChI=1S/C20H22N2O4/c1-22-12-15(14-7-5-6-8-16(14)22)20(23)21-11-13-9-18(25-3)19(26-4)10-17(13)24-2/h5-10,12H,11H2,1-4H3,(H,21,23). The van der Waals surface area contributed by atoms with Crippen molar-refractivity contribution >= 4 is 16.8 Å². The summed E-state index contributed by atoms with van der Waals surface area (Å²) in [5.74, 6) is 1.65. The average Bonchev–Trinajstić information content (AvgIpc) is 3.02. The Morgan fingerprint density at radius 2 is 1.65 bits per heavy atom. The predicted octanol–water partition coefficient (Wildman–Crippen LogP) is 3.13. The number of para-hydroxylation sites is 1. The second-order valence-corrected chi connectivity index (χ2v) is 5.87. The molecule has 0 unspecified atom stereocenters. The van der Waals surface area contributed by atoms with Gasteiger partial charge in [-0.2, -0.15) is 0 Å². The van der Waals surface area contributed by atoms with Gasteiger partial charge >= 0.3 is 0 Å². The number of aryl methyl sites for hydroxylation is 1. The molecule has 2 aromatic carbocycles. The summed E-state index contributed by atoms with van der Waals surface area (Å²) in [4.78, 5) is 12.7. The molecule has 0 saturated carbocycles. The number of ether oxygens (including phenoxy) is 3. The van der Waals surface area contributed by atoms with Gasteiger partial charge in [-0.05, 0) is 12.1 Å². The van der Waals surface area contributed by atoms with Gasteiger partial charge in [0.15, 0.2) is 11.5 Å². The zero-order valence-electron chi connectivity index (χ0n) is 15.3. The van der Waals surface area contributed by atoms with Crippen LogP contribution in [0.1, 0.15) is 15.9 Å². The Kier molecular flexibility index (Phi) is 5.02. The third-order valence-electron chi connectivity index (χ3n) is 4.37. The Balaban J connectivity index is 1.85. The van der Waals surface area contributed by atoms with E-state index < -0.39 is 0 Å². The first kappa shape index (κ1) is 17.7. The van der Waals surface area contributed by atoms with E-state index in [9.17, 15) is 4.79 Å². The molecular formula is C20H22N2O4. The fraction of sp³-hybridized carbons (Fsp3) is 0.250. The predicted molar refractivity (Wildman–Crippen MR) is 100 cm³/mol. The van der Waals surface area contributed by atoms with Crippen molar-refractivity contribution in [3.8, 4) is 17.2 Å². The van der Waals surface area contributed by atoms with Crippen molar-refractivity contribution in [1.82, 2.24) is 9.88 Å². The fourth-order valence-corrected chi connectivity index (χ4v) is 3.02. The summed E-state index contributed by atoms with van der Waals surface area (Å²) in [7, 11) is 6.65. The second-order valence-electron chi connectivity index (χ2n) is 5.87. The van der Waals surface area contributed by atoms with Crippen LogP contribution in [-0.2, 0) is 13.6 Å². The zero-order valence-corrected chi connectivity index (χ0v) is 15.3. The summed E-state index contributed by atoms with van der Waals surface area (Å²) < 4.78 is 18.0. The van der Waals surface area contributed by atoms with Crippen LogP contribution in [0.3, 0.4) is 0 Å². The minimum Gasteiger partial charge on any atom is -0.496 e. The van der Waals surface area contributed by atoms with E-state index in [0.29, 0.717) is 29.4 Å². The summed E-state index contributed by atoms with van der Waals surface area (Å²) >= 11 is 0. The van der Waals surface area contributed by atoms with Crippen LogP contribution in [0.4, 0.5) is 0 Å². The van der Waals surface area contributed by atoms with Gasteiger partial charge in [0.1, 0.15) is 5.75 Å². The number of hydrogen-bond donors (Lipinski definition) is 1. The van der Waals surface area contributed by atoms with Crippen molar-refractivity contribution in [2.45, 2.75) is 6.54 Å². The van der Waals surface area contributed by atoms with E-state index in [1.807, 2.05) is 42.1 Å². The monoisotopic (exact) mass is 354 g/mol. The van der Waals surface area contributed by atoms with E-state index in [4.69, 9.17) is 14.2 Å². The van der Waals surface area contributed by atoms with Gasteiger partial charge in [0.2, 0.25) is 0 Å². The van der Waals surface area contributed by atoms with Gasteiger partial charge in [-0.1, -0.05) is 18.2 Å². The maximum Gasteiger partial charge on any atom is 0.253 e. The van der Waals surface area contributed by atoms with Crippen LogP contribution in [0.2, 0.25) is 0 Å². The molecule has 0 spiro atoms. The molecule has 0 aliphatic carbocycles. The van der Waals surface area contributed by atoms with E-state index in [1.54, 1.807) is 33.5 Å². The largest absolute Gasteiger partial charge is 0.496 e. The van der Waals surface area contributed by atoms with E-state index in [1.165, 1.54) is 0 Å². The molecule has 0 saturated heterocycles. The molecule has 0 bridgehead atoms. The topological polar surface area (TPSA) is 61.7 Å². The van der Waals surface area contributed by atoms with Gasteiger partial charge in [0.05, 0.1) is 26.9 Å². The molecule has 1 heterocycles. The number of amides is 1. The zero-order chi connectivity index (χ0) is 18.7. The van der Waals surface area contributed by atoms with Crippen molar-refractivity contribution < 1.29 is 19.0 Å². The Morgan fingerprint density at radius 1 is 1.00 bits per heavy atom. The minimum atomic E-state index is -0.140. The van der Waals surface area contributed by atoms with E-state index in [2.05, 4.69) is 5.32 Å². The molecule has 0 atom stereocenters. The number of carbonyl (C=O) groups is 1. The molecule has 0 radical (unpaired) electrons. The third-order valence-corrected chi connectivity index (χ3v) is 4.37. The highest BCUT2D eigenvalue weighted by Gasteiger charge is 2.16. The number of methoxy groups -OCH3 is 3. The smallest absolute Gasteiger partial charge is 0.253 e. The van der Waals surface area contributed by atoms with E-state index in [0.717, 1.165) is 16.5 Å². The molecule has 6 heteroatoms. The van der Waals surface area contributed by atoms with Crippen LogP contribution in [0.25, 0.3) is 10.9 Å². The Bertz CT molecular complexity index is 946. The first-order valence-electron chi connectivity index (χ1n) is 8.20. The highest BCUT2D eigenvalue weighted by atomic mass is 16.5. The molecule has 6 nitrogen and oxygen atoms in total. The molecule has 136 valence electrons. The van der Waals surface area contributed by atoms with Crippen molar-refractivity contribution in [2.24, 2.45) is 7.05 Å². The highest BCUT2D eigenvalue weighted by Crippen LogP contribution is 2.34. The molecule has 1 aromatic heterocycles. The van der Waals surface area contributed by atoms with Gasteiger partial charge < -0.3 is 24.1 Å². The van der Waals surface area contributed by atoms with Crippen LogP contribution in [0, 0.1) is 0 Å². The SMILES string of the molecule is COc1cc(OC)c(OC)cc1CNC(=O)c1cn(C)c2ccccc12. The van der Waals surface area contributed by atoms with Crippen molar-refractivity contribution in [3.05, 3.63) is 53.7 Å². The normalized spacial score (nSPS) is 10.6. The average molecular weight is 354 g/mol. The van der Waals surface area contributed by atoms with Crippen LogP contribution in [0.15, 0.2) is 42.6 Å². The van der Waals surface area contributed by atoms with E-state index >= 15 is 0 Å².